The molecule has 4 heteroatoms. The molecular formula is C21H25N3O. The number of nitrogens with zero attached hydrogens (tertiary/aromatic N) is 1. The summed E-state index contributed by atoms with van der Waals surface area (Å²) < 4.78 is 0. The molecule has 1 amide bonds. The molecule has 0 bridgehead atoms. The van der Waals surface area contributed by atoms with Crippen LogP contribution in [0, 0.1) is 0 Å². The van der Waals surface area contributed by atoms with Crippen LogP contribution >= 0.6 is 0 Å². The highest BCUT2D eigenvalue weighted by atomic mass is 16.2. The van der Waals surface area contributed by atoms with Gasteiger partial charge < -0.3 is 15.5 Å². The van der Waals surface area contributed by atoms with Crippen LogP contribution in [-0.4, -0.2) is 31.6 Å². The SMILES string of the molecule is CN1C(=O)C(NC2CCCNC2c2ccccc2)Cc2ccccc21. The summed E-state index contributed by atoms with van der Waals surface area (Å²) in [6.45, 7) is 1.03. The van der Waals surface area contributed by atoms with Crippen LogP contribution in [0.15, 0.2) is 54.6 Å². The monoisotopic (exact) mass is 335 g/mol. The molecule has 2 aliphatic rings. The number of benzene rings is 2. The largest absolute Gasteiger partial charge is 0.314 e. The molecule has 0 saturated carbocycles. The van der Waals surface area contributed by atoms with Gasteiger partial charge in [-0.3, -0.25) is 4.79 Å². The third-order valence-corrected chi connectivity index (χ3v) is 5.44. The summed E-state index contributed by atoms with van der Waals surface area (Å²) >= 11 is 0. The zero-order chi connectivity index (χ0) is 17.2. The van der Waals surface area contributed by atoms with Crippen LogP contribution in [0.2, 0.25) is 0 Å². The third kappa shape index (κ3) is 3.20. The second-order valence-corrected chi connectivity index (χ2v) is 7.04. The second kappa shape index (κ2) is 6.98. The second-order valence-electron chi connectivity index (χ2n) is 7.04. The molecule has 1 saturated heterocycles. The lowest BCUT2D eigenvalue weighted by molar-refractivity contribution is -0.121. The van der Waals surface area contributed by atoms with Gasteiger partial charge in [-0.1, -0.05) is 48.5 Å². The number of para-hydroxylation sites is 1. The van der Waals surface area contributed by atoms with Crippen molar-refractivity contribution in [1.29, 1.82) is 0 Å². The number of carbonyl (C=O) groups excluding carboxylic acids is 1. The summed E-state index contributed by atoms with van der Waals surface area (Å²) in [5, 5.41) is 7.31. The van der Waals surface area contributed by atoms with Crippen LogP contribution < -0.4 is 15.5 Å². The maximum absolute atomic E-state index is 12.8. The Bertz CT molecular complexity index is 746. The lowest BCUT2D eigenvalue weighted by atomic mass is 9.90. The molecule has 2 aliphatic heterocycles. The van der Waals surface area contributed by atoms with E-state index in [0.717, 1.165) is 31.5 Å². The standard InChI is InChI=1S/C21H25N3O/c1-24-19-12-6-5-10-16(19)14-18(21(24)25)23-17-11-7-13-22-20(17)15-8-3-2-4-9-15/h2-6,8-10,12,17-18,20,22-23H,7,11,13-14H2,1H3. The zero-order valence-electron chi connectivity index (χ0n) is 14.6. The van der Waals surface area contributed by atoms with Crippen molar-refractivity contribution in [3.8, 4) is 0 Å². The van der Waals surface area contributed by atoms with Gasteiger partial charge in [-0.05, 0) is 43.0 Å². The Morgan fingerprint density at radius 1 is 1.08 bits per heavy atom. The van der Waals surface area contributed by atoms with Gasteiger partial charge in [-0.25, -0.2) is 0 Å². The van der Waals surface area contributed by atoms with Crippen LogP contribution in [-0.2, 0) is 11.2 Å². The molecule has 2 heterocycles. The first-order valence-corrected chi connectivity index (χ1v) is 9.14. The van der Waals surface area contributed by atoms with E-state index in [1.54, 1.807) is 4.90 Å². The van der Waals surface area contributed by atoms with Gasteiger partial charge in [-0.15, -0.1) is 0 Å². The van der Waals surface area contributed by atoms with E-state index >= 15 is 0 Å². The van der Waals surface area contributed by atoms with Gasteiger partial charge in [0.2, 0.25) is 5.91 Å². The molecular weight excluding hydrogens is 310 g/mol. The minimum atomic E-state index is -0.156. The van der Waals surface area contributed by atoms with Crippen LogP contribution in [0.1, 0.15) is 30.0 Å². The molecule has 3 unspecified atom stereocenters. The van der Waals surface area contributed by atoms with Crippen LogP contribution in [0.3, 0.4) is 0 Å². The maximum Gasteiger partial charge on any atom is 0.244 e. The normalized spacial score (nSPS) is 26.4. The van der Waals surface area contributed by atoms with Crippen molar-refractivity contribution in [1.82, 2.24) is 10.6 Å². The molecule has 3 atom stereocenters. The van der Waals surface area contributed by atoms with Crippen molar-refractivity contribution in [2.24, 2.45) is 0 Å². The van der Waals surface area contributed by atoms with Crippen LogP contribution in [0.5, 0.6) is 0 Å². The highest BCUT2D eigenvalue weighted by Gasteiger charge is 2.35. The molecule has 130 valence electrons. The maximum atomic E-state index is 12.8. The minimum Gasteiger partial charge on any atom is -0.314 e. The van der Waals surface area contributed by atoms with Crippen molar-refractivity contribution >= 4 is 11.6 Å². The van der Waals surface area contributed by atoms with Gasteiger partial charge in [0.1, 0.15) is 0 Å². The number of rotatable bonds is 3. The molecule has 25 heavy (non-hydrogen) atoms. The summed E-state index contributed by atoms with van der Waals surface area (Å²) in [5.41, 5.74) is 3.56. The number of nitrogens with one attached hydrogen (secondary N) is 2. The smallest absolute Gasteiger partial charge is 0.244 e. The number of hydrogen-bond acceptors (Lipinski definition) is 3. The molecule has 4 nitrogen and oxygen atoms in total. The first-order chi connectivity index (χ1) is 12.2. The average molecular weight is 335 g/mol. The molecule has 1 fully saturated rings. The van der Waals surface area contributed by atoms with Gasteiger partial charge in [0.05, 0.1) is 6.04 Å². The number of piperidine rings is 1. The summed E-state index contributed by atoms with van der Waals surface area (Å²) in [7, 11) is 1.88. The zero-order valence-corrected chi connectivity index (χ0v) is 14.6. The van der Waals surface area contributed by atoms with Crippen molar-refractivity contribution in [3.05, 3.63) is 65.7 Å². The van der Waals surface area contributed by atoms with E-state index in [9.17, 15) is 4.79 Å². The highest BCUT2D eigenvalue weighted by molar-refractivity contribution is 5.99. The van der Waals surface area contributed by atoms with E-state index in [0.29, 0.717) is 0 Å². The highest BCUT2D eigenvalue weighted by Crippen LogP contribution is 2.29. The Kier molecular flexibility index (Phi) is 4.55. The van der Waals surface area contributed by atoms with E-state index in [4.69, 9.17) is 0 Å². The lowest BCUT2D eigenvalue weighted by Crippen LogP contribution is -2.56. The van der Waals surface area contributed by atoms with Crippen LogP contribution in [0.4, 0.5) is 5.69 Å². The summed E-state index contributed by atoms with van der Waals surface area (Å²) in [6, 6.07) is 19.1. The third-order valence-electron chi connectivity index (χ3n) is 5.44. The first kappa shape index (κ1) is 16.3. The fourth-order valence-corrected chi connectivity index (χ4v) is 4.14. The Morgan fingerprint density at radius 3 is 2.68 bits per heavy atom. The van der Waals surface area contributed by atoms with Crippen molar-refractivity contribution in [2.45, 2.75) is 37.4 Å². The van der Waals surface area contributed by atoms with Gasteiger partial charge in [-0.2, -0.15) is 0 Å². The van der Waals surface area contributed by atoms with Crippen molar-refractivity contribution < 1.29 is 4.79 Å². The molecule has 2 aromatic rings. The molecule has 0 spiro atoms. The number of carbonyl (C=O) groups is 1. The van der Waals surface area contributed by atoms with Crippen LogP contribution in [0.25, 0.3) is 0 Å². The molecule has 2 aromatic carbocycles. The Hall–Kier alpha value is -2.17. The summed E-state index contributed by atoms with van der Waals surface area (Å²) in [4.78, 5) is 14.6. The topological polar surface area (TPSA) is 44.4 Å². The predicted octanol–water partition coefficient (Wildman–Crippen LogP) is 2.66. The Morgan fingerprint density at radius 2 is 1.84 bits per heavy atom. The fourth-order valence-electron chi connectivity index (χ4n) is 4.14. The van der Waals surface area contributed by atoms with Gasteiger partial charge >= 0.3 is 0 Å². The number of likely N-dealkylation sites (N-methyl/N-ethyl adjacent to an activating group) is 1. The summed E-state index contributed by atoms with van der Waals surface area (Å²) in [6.07, 6.45) is 2.98. The predicted molar refractivity (Wildman–Crippen MR) is 101 cm³/mol. The molecule has 4 rings (SSSR count). The number of amides is 1. The quantitative estimate of drug-likeness (QED) is 0.906. The number of fused-ring (bicyclic) bond motifs is 1. The van der Waals surface area contributed by atoms with Crippen molar-refractivity contribution in [3.63, 3.8) is 0 Å². The first-order valence-electron chi connectivity index (χ1n) is 9.14. The number of anilines is 1. The van der Waals surface area contributed by atoms with E-state index in [-0.39, 0.29) is 24.0 Å². The summed E-state index contributed by atoms with van der Waals surface area (Å²) in [5.74, 6) is 0.163. The van der Waals surface area contributed by atoms with E-state index in [1.165, 1.54) is 11.1 Å². The number of hydrogen-bond donors (Lipinski definition) is 2. The van der Waals surface area contributed by atoms with E-state index < -0.39 is 0 Å². The molecule has 0 radical (unpaired) electrons. The molecule has 0 aliphatic carbocycles. The van der Waals surface area contributed by atoms with E-state index in [1.807, 2.05) is 25.2 Å². The van der Waals surface area contributed by atoms with Gasteiger partial charge in [0.25, 0.3) is 0 Å². The molecule has 2 N–H and O–H groups in total. The molecule has 0 aromatic heterocycles. The van der Waals surface area contributed by atoms with Gasteiger partial charge in [0, 0.05) is 24.8 Å². The van der Waals surface area contributed by atoms with E-state index in [2.05, 4.69) is 47.0 Å². The minimum absolute atomic E-state index is 0.156. The lowest BCUT2D eigenvalue weighted by Gasteiger charge is -2.39. The van der Waals surface area contributed by atoms with Gasteiger partial charge in [0.15, 0.2) is 0 Å². The Labute approximate surface area is 149 Å². The average Bonchev–Trinajstić information content (AvgIpc) is 2.67. The van der Waals surface area contributed by atoms with Crippen molar-refractivity contribution in [2.75, 3.05) is 18.5 Å². The Balaban J connectivity index is 1.55. The fraction of sp³-hybridized carbons (Fsp3) is 0.381.